The van der Waals surface area contributed by atoms with Crippen molar-refractivity contribution in [1.29, 1.82) is 5.26 Å². The molecule has 1 aliphatic rings. The number of aromatic amines is 1. The van der Waals surface area contributed by atoms with E-state index in [0.29, 0.717) is 11.4 Å². The Kier molecular flexibility index (Phi) is 3.66. The van der Waals surface area contributed by atoms with Crippen LogP contribution in [0.25, 0.3) is 16.6 Å². The molecule has 0 saturated heterocycles. The predicted molar refractivity (Wildman–Crippen MR) is 106 cm³/mol. The van der Waals surface area contributed by atoms with E-state index in [1.165, 1.54) is 11.3 Å². The first kappa shape index (κ1) is 16.2. The fraction of sp³-hybridized carbons (Fsp3) is 0.182. The fourth-order valence-electron chi connectivity index (χ4n) is 3.71. The standard InChI is InChI=1S/C22H20N4/c1-22(2)16-8-4-7-11-19(16)26(3)20(22)13-12-15(14-23)21-24-17-9-5-6-10-18(17)25-21/h4-13H,1-3H3,(H,24,25)/b15-12+,20-13-. The van der Waals surface area contributed by atoms with Gasteiger partial charge in [0.2, 0.25) is 0 Å². The molecule has 0 bridgehead atoms. The van der Waals surface area contributed by atoms with Crippen LogP contribution in [0.15, 0.2) is 66.4 Å². The highest BCUT2D eigenvalue weighted by Gasteiger charge is 2.37. The van der Waals surface area contributed by atoms with Crippen LogP contribution in [0, 0.1) is 11.3 Å². The first-order valence-electron chi connectivity index (χ1n) is 8.63. The summed E-state index contributed by atoms with van der Waals surface area (Å²) in [6.45, 7) is 4.42. The molecule has 0 saturated carbocycles. The molecule has 1 aliphatic heterocycles. The average Bonchev–Trinajstić information content (AvgIpc) is 3.15. The first-order chi connectivity index (χ1) is 12.5. The Morgan fingerprint density at radius 2 is 1.88 bits per heavy atom. The molecule has 2 aromatic carbocycles. The van der Waals surface area contributed by atoms with Gasteiger partial charge in [-0.1, -0.05) is 44.2 Å². The van der Waals surface area contributed by atoms with Crippen molar-refractivity contribution in [3.63, 3.8) is 0 Å². The van der Waals surface area contributed by atoms with Crippen molar-refractivity contribution >= 4 is 22.3 Å². The van der Waals surface area contributed by atoms with Gasteiger partial charge in [0, 0.05) is 23.8 Å². The van der Waals surface area contributed by atoms with Gasteiger partial charge in [0.05, 0.1) is 16.6 Å². The minimum atomic E-state index is -0.115. The van der Waals surface area contributed by atoms with Gasteiger partial charge in [-0.05, 0) is 35.9 Å². The lowest BCUT2D eigenvalue weighted by Crippen LogP contribution is -2.22. The maximum atomic E-state index is 9.63. The third kappa shape index (κ3) is 2.41. The topological polar surface area (TPSA) is 55.7 Å². The SMILES string of the molecule is CN1/C(=C\C=C(/C#N)c2nc3ccccc3[nH]2)C(C)(C)c2ccccc21. The number of nitriles is 1. The number of nitrogens with one attached hydrogen (secondary N) is 1. The van der Waals surface area contributed by atoms with Crippen LogP contribution in [0.5, 0.6) is 0 Å². The monoisotopic (exact) mass is 340 g/mol. The molecule has 4 nitrogen and oxygen atoms in total. The van der Waals surface area contributed by atoms with Crippen LogP contribution >= 0.6 is 0 Å². The Balaban J connectivity index is 1.77. The normalized spacial score (nSPS) is 17.5. The maximum absolute atomic E-state index is 9.63. The minimum Gasteiger partial charge on any atom is -0.347 e. The number of likely N-dealkylation sites (N-methyl/N-ethyl adjacent to an activating group) is 1. The zero-order valence-corrected chi connectivity index (χ0v) is 15.1. The summed E-state index contributed by atoms with van der Waals surface area (Å²) in [4.78, 5) is 9.95. The summed E-state index contributed by atoms with van der Waals surface area (Å²) in [7, 11) is 2.07. The number of rotatable bonds is 2. The Morgan fingerprint density at radius 1 is 1.15 bits per heavy atom. The lowest BCUT2D eigenvalue weighted by molar-refractivity contribution is 0.640. The highest BCUT2D eigenvalue weighted by molar-refractivity contribution is 5.83. The molecule has 0 spiro atoms. The van der Waals surface area contributed by atoms with Crippen LogP contribution in [0.3, 0.4) is 0 Å². The number of fused-ring (bicyclic) bond motifs is 2. The molecule has 0 atom stereocenters. The van der Waals surface area contributed by atoms with E-state index in [4.69, 9.17) is 0 Å². The van der Waals surface area contributed by atoms with Crippen molar-refractivity contribution in [2.75, 3.05) is 11.9 Å². The zero-order valence-electron chi connectivity index (χ0n) is 15.1. The van der Waals surface area contributed by atoms with E-state index < -0.39 is 0 Å². The van der Waals surface area contributed by atoms with Crippen molar-refractivity contribution in [3.05, 3.63) is 77.8 Å². The van der Waals surface area contributed by atoms with Crippen molar-refractivity contribution in [2.24, 2.45) is 0 Å². The summed E-state index contributed by atoms with van der Waals surface area (Å²) in [5, 5.41) is 9.63. The third-order valence-electron chi connectivity index (χ3n) is 5.11. The van der Waals surface area contributed by atoms with Gasteiger partial charge in [-0.2, -0.15) is 5.26 Å². The number of nitrogens with zero attached hydrogens (tertiary/aromatic N) is 3. The number of hydrogen-bond acceptors (Lipinski definition) is 3. The van der Waals surface area contributed by atoms with Gasteiger partial charge in [0.1, 0.15) is 11.9 Å². The summed E-state index contributed by atoms with van der Waals surface area (Å²) < 4.78 is 0. The summed E-state index contributed by atoms with van der Waals surface area (Å²) in [5.74, 6) is 0.599. The van der Waals surface area contributed by atoms with Gasteiger partial charge in [0.15, 0.2) is 0 Å². The van der Waals surface area contributed by atoms with Crippen molar-refractivity contribution in [3.8, 4) is 6.07 Å². The first-order valence-corrected chi connectivity index (χ1v) is 8.63. The fourth-order valence-corrected chi connectivity index (χ4v) is 3.71. The van der Waals surface area contributed by atoms with E-state index in [-0.39, 0.29) is 5.41 Å². The third-order valence-corrected chi connectivity index (χ3v) is 5.11. The molecule has 3 aromatic rings. The maximum Gasteiger partial charge on any atom is 0.149 e. The number of benzene rings is 2. The summed E-state index contributed by atoms with van der Waals surface area (Å²) >= 11 is 0. The molecule has 0 aliphatic carbocycles. The molecule has 0 amide bonds. The van der Waals surface area contributed by atoms with Crippen LogP contribution in [0.2, 0.25) is 0 Å². The van der Waals surface area contributed by atoms with Crippen molar-refractivity contribution in [1.82, 2.24) is 9.97 Å². The lowest BCUT2D eigenvalue weighted by Gasteiger charge is -2.23. The van der Waals surface area contributed by atoms with Gasteiger partial charge in [-0.25, -0.2) is 4.98 Å². The summed E-state index contributed by atoms with van der Waals surface area (Å²) in [5.41, 5.74) is 5.86. The van der Waals surface area contributed by atoms with Gasteiger partial charge in [0.25, 0.3) is 0 Å². The van der Waals surface area contributed by atoms with E-state index in [1.54, 1.807) is 0 Å². The van der Waals surface area contributed by atoms with E-state index in [2.05, 4.69) is 66.1 Å². The quantitative estimate of drug-likeness (QED) is 0.683. The second-order valence-electron chi connectivity index (χ2n) is 7.05. The van der Waals surface area contributed by atoms with E-state index >= 15 is 0 Å². The molecule has 1 aromatic heterocycles. The van der Waals surface area contributed by atoms with Gasteiger partial charge in [-0.3, -0.25) is 0 Å². The molecule has 26 heavy (non-hydrogen) atoms. The molecule has 4 rings (SSSR count). The highest BCUT2D eigenvalue weighted by atomic mass is 15.2. The van der Waals surface area contributed by atoms with Crippen LogP contribution in [-0.2, 0) is 5.41 Å². The molecule has 0 unspecified atom stereocenters. The zero-order chi connectivity index (χ0) is 18.3. The van der Waals surface area contributed by atoms with Crippen molar-refractivity contribution in [2.45, 2.75) is 19.3 Å². The van der Waals surface area contributed by atoms with Gasteiger partial charge < -0.3 is 9.88 Å². The van der Waals surface area contributed by atoms with Crippen molar-refractivity contribution < 1.29 is 0 Å². The number of imidazole rings is 1. The molecule has 128 valence electrons. The second kappa shape index (κ2) is 5.89. The number of allylic oxidation sites excluding steroid dienone is 4. The highest BCUT2D eigenvalue weighted by Crippen LogP contribution is 2.46. The number of anilines is 1. The summed E-state index contributed by atoms with van der Waals surface area (Å²) in [6, 6.07) is 18.5. The Bertz CT molecular complexity index is 1060. The molecule has 1 N–H and O–H groups in total. The molecule has 0 fully saturated rings. The number of H-pyrrole nitrogens is 1. The van der Waals surface area contributed by atoms with E-state index in [0.717, 1.165) is 16.7 Å². The molecule has 0 radical (unpaired) electrons. The molecule has 4 heteroatoms. The molecule has 2 heterocycles. The number of hydrogen-bond donors (Lipinski definition) is 1. The molecular formula is C22H20N4. The average molecular weight is 340 g/mol. The van der Waals surface area contributed by atoms with Crippen LogP contribution in [-0.4, -0.2) is 17.0 Å². The Hall–Kier alpha value is -3.32. The van der Waals surface area contributed by atoms with Gasteiger partial charge in [-0.15, -0.1) is 0 Å². The van der Waals surface area contributed by atoms with Crippen LogP contribution in [0.4, 0.5) is 5.69 Å². The minimum absolute atomic E-state index is 0.115. The van der Waals surface area contributed by atoms with Gasteiger partial charge >= 0.3 is 0 Å². The van der Waals surface area contributed by atoms with E-state index in [9.17, 15) is 5.26 Å². The largest absolute Gasteiger partial charge is 0.347 e. The van der Waals surface area contributed by atoms with E-state index in [1.807, 2.05) is 36.4 Å². The Morgan fingerprint density at radius 3 is 2.62 bits per heavy atom. The number of para-hydroxylation sites is 3. The lowest BCUT2D eigenvalue weighted by atomic mass is 9.83. The summed E-state index contributed by atoms with van der Waals surface area (Å²) in [6.07, 6.45) is 3.89. The predicted octanol–water partition coefficient (Wildman–Crippen LogP) is 4.78. The number of aromatic nitrogens is 2. The molecular weight excluding hydrogens is 320 g/mol. The second-order valence-corrected chi connectivity index (χ2v) is 7.05. The van der Waals surface area contributed by atoms with Crippen LogP contribution in [0.1, 0.15) is 25.2 Å². The smallest absolute Gasteiger partial charge is 0.149 e. The Labute approximate surface area is 153 Å². The van der Waals surface area contributed by atoms with Crippen LogP contribution < -0.4 is 4.90 Å².